The molecule has 1 aromatic carbocycles. The number of ether oxygens (including phenoxy) is 1. The van der Waals surface area contributed by atoms with E-state index in [1.54, 1.807) is 0 Å². The van der Waals surface area contributed by atoms with Crippen LogP contribution in [-0.2, 0) is 14.8 Å². The van der Waals surface area contributed by atoms with Crippen LogP contribution in [0, 0.1) is 10.1 Å². The van der Waals surface area contributed by atoms with Crippen molar-refractivity contribution in [1.29, 1.82) is 0 Å². The summed E-state index contributed by atoms with van der Waals surface area (Å²) < 4.78 is 32.3. The number of hydrogen-bond donors (Lipinski definition) is 1. The van der Waals surface area contributed by atoms with Gasteiger partial charge in [-0.3, -0.25) is 15.0 Å². The first-order valence-electron chi connectivity index (χ1n) is 8.78. The molecular weight excluding hydrogens is 374 g/mol. The zero-order chi connectivity index (χ0) is 20.2. The number of aliphatic hydroxyl groups excluding tert-OH is 1. The molecule has 0 aliphatic carbocycles. The quantitative estimate of drug-likeness (QED) is 0.537. The van der Waals surface area contributed by atoms with Gasteiger partial charge in [0.25, 0.3) is 5.69 Å². The maximum Gasteiger partial charge on any atom is 0.270 e. The van der Waals surface area contributed by atoms with Crippen LogP contribution in [0.1, 0.15) is 20.8 Å². The minimum Gasteiger partial charge on any atom is -0.389 e. The fourth-order valence-electron chi connectivity index (χ4n) is 2.76. The van der Waals surface area contributed by atoms with Crippen molar-refractivity contribution in [2.75, 3.05) is 39.3 Å². The van der Waals surface area contributed by atoms with Crippen LogP contribution < -0.4 is 0 Å². The molecule has 0 aromatic heterocycles. The fraction of sp³-hybridized carbons (Fsp3) is 0.647. The van der Waals surface area contributed by atoms with Crippen molar-refractivity contribution < 1.29 is 23.2 Å². The van der Waals surface area contributed by atoms with E-state index in [4.69, 9.17) is 4.74 Å². The van der Waals surface area contributed by atoms with E-state index in [-0.39, 0.29) is 35.9 Å². The second-order valence-electron chi connectivity index (χ2n) is 7.54. The van der Waals surface area contributed by atoms with Crippen LogP contribution in [0.25, 0.3) is 0 Å². The van der Waals surface area contributed by atoms with Crippen LogP contribution in [0.5, 0.6) is 0 Å². The van der Waals surface area contributed by atoms with E-state index in [2.05, 4.69) is 0 Å². The summed E-state index contributed by atoms with van der Waals surface area (Å²) >= 11 is 0. The van der Waals surface area contributed by atoms with Crippen LogP contribution in [0.3, 0.4) is 0 Å². The molecular formula is C17H27N3O6S. The summed E-state index contributed by atoms with van der Waals surface area (Å²) in [5, 5.41) is 21.0. The van der Waals surface area contributed by atoms with Crippen LogP contribution in [0.2, 0.25) is 0 Å². The van der Waals surface area contributed by atoms with Crippen molar-refractivity contribution in [3.05, 3.63) is 34.4 Å². The zero-order valence-electron chi connectivity index (χ0n) is 15.9. The monoisotopic (exact) mass is 401 g/mol. The standard InChI is InChI=1S/C17H27N3O6S/c1-17(2,3)26-13-15(21)12-18-7-9-19(10-8-18)27(24,25)16-6-4-5-14(11-16)20(22)23/h4-6,11,15,21H,7-10,12-13H2,1-3H3. The third kappa shape index (κ3) is 6.22. The number of aliphatic hydroxyl groups is 1. The van der Waals surface area contributed by atoms with E-state index < -0.39 is 21.1 Å². The summed E-state index contributed by atoms with van der Waals surface area (Å²) in [6.07, 6.45) is -0.649. The summed E-state index contributed by atoms with van der Waals surface area (Å²) in [4.78, 5) is 12.2. The molecule has 1 saturated heterocycles. The lowest BCUT2D eigenvalue weighted by Gasteiger charge is -2.35. The van der Waals surface area contributed by atoms with Gasteiger partial charge in [-0.05, 0) is 26.8 Å². The summed E-state index contributed by atoms with van der Waals surface area (Å²) in [5.74, 6) is 0. The minimum atomic E-state index is -3.78. The van der Waals surface area contributed by atoms with Crippen LogP contribution >= 0.6 is 0 Å². The lowest BCUT2D eigenvalue weighted by atomic mass is 10.2. The number of non-ortho nitro benzene ring substituents is 1. The molecule has 1 aliphatic heterocycles. The predicted octanol–water partition coefficient (Wildman–Crippen LogP) is 1.08. The Labute approximate surface area is 159 Å². The number of β-amino-alcohol motifs (C(OH)–C–C–N with tert-alkyl or cyclic N) is 1. The molecule has 1 aromatic rings. The van der Waals surface area contributed by atoms with Gasteiger partial charge in [0.1, 0.15) is 0 Å². The van der Waals surface area contributed by atoms with Crippen LogP contribution in [-0.4, -0.2) is 78.7 Å². The SMILES string of the molecule is CC(C)(C)OCC(O)CN1CCN(S(=O)(=O)c2cccc([N+](=O)[O-])c2)CC1. The molecule has 1 heterocycles. The normalized spacial score (nSPS) is 18.4. The Kier molecular flexibility index (Phi) is 6.92. The highest BCUT2D eigenvalue weighted by Crippen LogP contribution is 2.22. The predicted molar refractivity (Wildman–Crippen MR) is 100 cm³/mol. The minimum absolute atomic E-state index is 0.0799. The zero-order valence-corrected chi connectivity index (χ0v) is 16.7. The van der Waals surface area contributed by atoms with Gasteiger partial charge in [0.15, 0.2) is 0 Å². The smallest absolute Gasteiger partial charge is 0.270 e. The molecule has 1 N–H and O–H groups in total. The van der Waals surface area contributed by atoms with E-state index in [0.29, 0.717) is 19.6 Å². The Bertz CT molecular complexity index is 754. The van der Waals surface area contributed by atoms with Crippen molar-refractivity contribution in [3.63, 3.8) is 0 Å². The van der Waals surface area contributed by atoms with Crippen molar-refractivity contribution in [1.82, 2.24) is 9.21 Å². The number of nitro groups is 1. The number of piperazine rings is 1. The van der Waals surface area contributed by atoms with Crippen molar-refractivity contribution in [3.8, 4) is 0 Å². The summed E-state index contributed by atoms with van der Waals surface area (Å²) in [6.45, 7) is 7.83. The molecule has 0 saturated carbocycles. The number of nitro benzene ring substituents is 1. The third-order valence-corrected chi connectivity index (χ3v) is 6.07. The van der Waals surface area contributed by atoms with Gasteiger partial charge in [-0.1, -0.05) is 6.07 Å². The van der Waals surface area contributed by atoms with Crippen molar-refractivity contribution >= 4 is 15.7 Å². The number of benzene rings is 1. The average Bonchev–Trinajstić information content (AvgIpc) is 2.60. The molecule has 0 amide bonds. The molecule has 1 atom stereocenters. The molecule has 1 aliphatic rings. The number of rotatable bonds is 7. The summed E-state index contributed by atoms with van der Waals surface area (Å²) in [7, 11) is -3.78. The maximum atomic E-state index is 12.7. The van der Waals surface area contributed by atoms with E-state index in [1.807, 2.05) is 25.7 Å². The maximum absolute atomic E-state index is 12.7. The molecule has 10 heteroatoms. The highest BCUT2D eigenvalue weighted by atomic mass is 32.2. The second kappa shape index (κ2) is 8.61. The van der Waals surface area contributed by atoms with E-state index in [1.165, 1.54) is 22.5 Å². The Morgan fingerprint density at radius 2 is 1.89 bits per heavy atom. The fourth-order valence-corrected chi connectivity index (χ4v) is 4.22. The van der Waals surface area contributed by atoms with Gasteiger partial charge >= 0.3 is 0 Å². The second-order valence-corrected chi connectivity index (χ2v) is 9.47. The Morgan fingerprint density at radius 1 is 1.26 bits per heavy atom. The van der Waals surface area contributed by atoms with Gasteiger partial charge in [-0.15, -0.1) is 0 Å². The molecule has 1 unspecified atom stereocenters. The molecule has 2 rings (SSSR count). The van der Waals surface area contributed by atoms with Gasteiger partial charge in [-0.25, -0.2) is 8.42 Å². The molecule has 0 radical (unpaired) electrons. The lowest BCUT2D eigenvalue weighted by Crippen LogP contribution is -2.50. The van der Waals surface area contributed by atoms with E-state index >= 15 is 0 Å². The Balaban J connectivity index is 1.92. The van der Waals surface area contributed by atoms with Gasteiger partial charge < -0.3 is 9.84 Å². The average molecular weight is 401 g/mol. The van der Waals surface area contributed by atoms with E-state index in [9.17, 15) is 23.6 Å². The summed E-state index contributed by atoms with van der Waals surface area (Å²) in [6, 6.07) is 5.07. The Hall–Kier alpha value is -1.59. The van der Waals surface area contributed by atoms with Crippen molar-refractivity contribution in [2.24, 2.45) is 0 Å². The highest BCUT2D eigenvalue weighted by Gasteiger charge is 2.30. The van der Waals surface area contributed by atoms with Crippen LogP contribution in [0.4, 0.5) is 5.69 Å². The molecule has 152 valence electrons. The van der Waals surface area contributed by atoms with Gasteiger partial charge in [0.2, 0.25) is 10.0 Å². The third-order valence-electron chi connectivity index (χ3n) is 4.18. The first-order valence-corrected chi connectivity index (χ1v) is 10.2. The van der Waals surface area contributed by atoms with Gasteiger partial charge in [0, 0.05) is 44.9 Å². The summed E-state index contributed by atoms with van der Waals surface area (Å²) in [5.41, 5.74) is -0.580. The number of hydrogen-bond acceptors (Lipinski definition) is 7. The largest absolute Gasteiger partial charge is 0.389 e. The van der Waals surface area contributed by atoms with Gasteiger partial charge in [0.05, 0.1) is 28.1 Å². The molecule has 0 spiro atoms. The first kappa shape index (κ1) is 21.7. The number of sulfonamides is 1. The molecule has 1 fully saturated rings. The molecule has 27 heavy (non-hydrogen) atoms. The van der Waals surface area contributed by atoms with Crippen molar-refractivity contribution in [2.45, 2.75) is 37.4 Å². The molecule has 9 nitrogen and oxygen atoms in total. The first-order chi connectivity index (χ1) is 12.5. The van der Waals surface area contributed by atoms with Gasteiger partial charge in [-0.2, -0.15) is 4.31 Å². The van der Waals surface area contributed by atoms with Crippen LogP contribution in [0.15, 0.2) is 29.2 Å². The van der Waals surface area contributed by atoms with E-state index in [0.717, 1.165) is 6.07 Å². The Morgan fingerprint density at radius 3 is 2.44 bits per heavy atom. The highest BCUT2D eigenvalue weighted by molar-refractivity contribution is 7.89. The lowest BCUT2D eigenvalue weighted by molar-refractivity contribution is -0.385. The number of nitrogens with zero attached hydrogens (tertiary/aromatic N) is 3. The topological polar surface area (TPSA) is 113 Å². The molecule has 0 bridgehead atoms.